The highest BCUT2D eigenvalue weighted by Gasteiger charge is 2.29. The number of hydrogen-bond donors (Lipinski definition) is 3. The smallest absolute Gasteiger partial charge is 0.191 e. The van der Waals surface area contributed by atoms with E-state index in [1.165, 1.54) is 0 Å². The minimum absolute atomic E-state index is 0. The van der Waals surface area contributed by atoms with Gasteiger partial charge in [0.25, 0.3) is 0 Å². The molecule has 3 N–H and O–H groups in total. The fraction of sp³-hybridized carbons (Fsp3) is 0.588. The number of benzene rings is 1. The fourth-order valence-electron chi connectivity index (χ4n) is 2.55. The maximum absolute atomic E-state index is 10.2. The van der Waals surface area contributed by atoms with Crippen LogP contribution in [0.2, 0.25) is 5.02 Å². The van der Waals surface area contributed by atoms with Gasteiger partial charge in [0.1, 0.15) is 0 Å². The maximum Gasteiger partial charge on any atom is 0.191 e. The van der Waals surface area contributed by atoms with Crippen LogP contribution >= 0.6 is 35.6 Å². The van der Waals surface area contributed by atoms with E-state index in [2.05, 4.69) is 22.5 Å². The summed E-state index contributed by atoms with van der Waals surface area (Å²) < 4.78 is 5.75. The van der Waals surface area contributed by atoms with Crippen molar-refractivity contribution in [2.24, 2.45) is 4.99 Å². The van der Waals surface area contributed by atoms with Gasteiger partial charge in [-0.3, -0.25) is 4.99 Å². The van der Waals surface area contributed by atoms with Gasteiger partial charge < -0.3 is 20.5 Å². The molecule has 2 atom stereocenters. The monoisotopic (exact) mass is 467 g/mol. The van der Waals surface area contributed by atoms with Gasteiger partial charge in [-0.2, -0.15) is 0 Å². The van der Waals surface area contributed by atoms with Crippen LogP contribution in [0.5, 0.6) is 0 Å². The van der Waals surface area contributed by atoms with Crippen LogP contribution in [0.15, 0.2) is 29.3 Å². The molecule has 136 valence electrons. The summed E-state index contributed by atoms with van der Waals surface area (Å²) in [7, 11) is 0. The predicted molar refractivity (Wildman–Crippen MR) is 109 cm³/mol. The number of halogens is 2. The summed E-state index contributed by atoms with van der Waals surface area (Å²) in [5, 5.41) is 17.3. The average molecular weight is 468 g/mol. The van der Waals surface area contributed by atoms with Crippen LogP contribution in [-0.2, 0) is 4.74 Å². The van der Waals surface area contributed by atoms with Crippen molar-refractivity contribution < 1.29 is 9.84 Å². The van der Waals surface area contributed by atoms with Crippen molar-refractivity contribution in [2.45, 2.75) is 38.4 Å². The van der Waals surface area contributed by atoms with E-state index in [0.717, 1.165) is 31.6 Å². The van der Waals surface area contributed by atoms with Crippen LogP contribution in [0.3, 0.4) is 0 Å². The summed E-state index contributed by atoms with van der Waals surface area (Å²) >= 11 is 5.86. The number of aliphatic hydroxyl groups excluding tert-OH is 1. The maximum atomic E-state index is 10.2. The van der Waals surface area contributed by atoms with Gasteiger partial charge >= 0.3 is 0 Å². The molecule has 1 aromatic carbocycles. The number of guanidine groups is 1. The number of hydrogen-bond acceptors (Lipinski definition) is 3. The lowest BCUT2D eigenvalue weighted by Crippen LogP contribution is -2.41. The van der Waals surface area contributed by atoms with Gasteiger partial charge in [-0.15, -0.1) is 24.0 Å². The molecule has 0 aromatic heterocycles. The Bertz CT molecular complexity index is 519. The van der Waals surface area contributed by atoms with Gasteiger partial charge in [0.15, 0.2) is 5.96 Å². The van der Waals surface area contributed by atoms with Gasteiger partial charge in [-0.05, 0) is 44.4 Å². The zero-order valence-electron chi connectivity index (χ0n) is 14.2. The van der Waals surface area contributed by atoms with Gasteiger partial charge in [0, 0.05) is 24.7 Å². The zero-order valence-corrected chi connectivity index (χ0v) is 17.3. The molecule has 0 saturated carbocycles. The van der Waals surface area contributed by atoms with Crippen LogP contribution in [0.25, 0.3) is 0 Å². The Kier molecular flexibility index (Phi) is 9.33. The molecule has 1 heterocycles. The first-order valence-electron chi connectivity index (χ1n) is 8.12. The number of aliphatic imine (C=N–C) groups is 1. The lowest BCUT2D eigenvalue weighted by Gasteiger charge is -2.22. The molecule has 24 heavy (non-hydrogen) atoms. The predicted octanol–water partition coefficient (Wildman–Crippen LogP) is 3.12. The van der Waals surface area contributed by atoms with E-state index in [1.807, 2.05) is 19.1 Å². The Morgan fingerprint density at radius 3 is 2.67 bits per heavy atom. The van der Waals surface area contributed by atoms with Crippen LogP contribution in [0.1, 0.15) is 38.4 Å². The van der Waals surface area contributed by atoms with Crippen molar-refractivity contribution in [1.29, 1.82) is 0 Å². The van der Waals surface area contributed by atoms with Gasteiger partial charge in [0.05, 0.1) is 18.2 Å². The third kappa shape index (κ3) is 6.74. The lowest BCUT2D eigenvalue weighted by atomic mass is 10.0. The molecule has 1 aliphatic heterocycles. The van der Waals surface area contributed by atoms with Crippen molar-refractivity contribution in [3.05, 3.63) is 34.9 Å². The molecule has 0 bridgehead atoms. The van der Waals surface area contributed by atoms with Crippen molar-refractivity contribution in [3.63, 3.8) is 0 Å². The van der Waals surface area contributed by atoms with E-state index >= 15 is 0 Å². The van der Waals surface area contributed by atoms with Crippen LogP contribution in [0.4, 0.5) is 0 Å². The summed E-state index contributed by atoms with van der Waals surface area (Å²) in [4.78, 5) is 4.58. The largest absolute Gasteiger partial charge is 0.387 e. The van der Waals surface area contributed by atoms with E-state index < -0.39 is 6.10 Å². The number of ether oxygens (including phenoxy) is 1. The topological polar surface area (TPSA) is 65.9 Å². The molecule has 0 aliphatic carbocycles. The second-order valence-electron chi connectivity index (χ2n) is 6.05. The molecular formula is C17H27ClIN3O2. The highest BCUT2D eigenvalue weighted by Crippen LogP contribution is 2.25. The second kappa shape index (κ2) is 10.4. The summed E-state index contributed by atoms with van der Waals surface area (Å²) in [6, 6.07) is 7.20. The Hall–Kier alpha value is -0.570. The Morgan fingerprint density at radius 2 is 2.08 bits per heavy atom. The van der Waals surface area contributed by atoms with Gasteiger partial charge in [-0.1, -0.05) is 23.7 Å². The molecule has 1 fully saturated rings. The van der Waals surface area contributed by atoms with E-state index in [-0.39, 0.29) is 29.6 Å². The zero-order chi connectivity index (χ0) is 16.7. The van der Waals surface area contributed by atoms with Crippen molar-refractivity contribution in [3.8, 4) is 0 Å². The molecule has 2 unspecified atom stereocenters. The Balaban J connectivity index is 0.00000288. The molecule has 0 amide bonds. The molecule has 0 spiro atoms. The van der Waals surface area contributed by atoms with E-state index in [1.54, 1.807) is 12.1 Å². The molecule has 7 heteroatoms. The number of rotatable bonds is 6. The van der Waals surface area contributed by atoms with Gasteiger partial charge in [-0.25, -0.2) is 0 Å². The minimum Gasteiger partial charge on any atom is -0.387 e. The van der Waals surface area contributed by atoms with Crippen molar-refractivity contribution >= 4 is 41.5 Å². The number of nitrogens with zero attached hydrogens (tertiary/aromatic N) is 1. The minimum atomic E-state index is -0.616. The molecule has 1 aromatic rings. The molecule has 1 saturated heterocycles. The number of nitrogens with one attached hydrogen (secondary N) is 2. The summed E-state index contributed by atoms with van der Waals surface area (Å²) in [6.45, 7) is 6.67. The first-order valence-corrected chi connectivity index (χ1v) is 8.50. The molecule has 0 radical (unpaired) electrons. The summed E-state index contributed by atoms with van der Waals surface area (Å²) in [5.41, 5.74) is 0.653. The van der Waals surface area contributed by atoms with E-state index in [9.17, 15) is 5.11 Å². The van der Waals surface area contributed by atoms with Crippen molar-refractivity contribution in [2.75, 3.05) is 26.2 Å². The third-order valence-corrected chi connectivity index (χ3v) is 4.19. The van der Waals surface area contributed by atoms with Crippen LogP contribution < -0.4 is 10.6 Å². The normalized spacial score (nSPS) is 21.9. The second-order valence-corrected chi connectivity index (χ2v) is 6.48. The first-order chi connectivity index (χ1) is 11.0. The van der Waals surface area contributed by atoms with E-state index in [4.69, 9.17) is 16.3 Å². The highest BCUT2D eigenvalue weighted by atomic mass is 127. The summed E-state index contributed by atoms with van der Waals surface area (Å²) in [5.74, 6) is 0.692. The highest BCUT2D eigenvalue weighted by molar-refractivity contribution is 14.0. The Labute approximate surface area is 166 Å². The lowest BCUT2D eigenvalue weighted by molar-refractivity contribution is 0.0283. The molecule has 1 aliphatic rings. The molecule has 2 rings (SSSR count). The van der Waals surface area contributed by atoms with Gasteiger partial charge in [0.2, 0.25) is 0 Å². The first kappa shape index (κ1) is 21.5. The SMILES string of the molecule is CCNC(=NCC1(C)CCCO1)NCC(O)c1ccc(Cl)cc1.I. The van der Waals surface area contributed by atoms with Crippen molar-refractivity contribution in [1.82, 2.24) is 10.6 Å². The number of aliphatic hydroxyl groups is 1. The molecular weight excluding hydrogens is 441 g/mol. The fourth-order valence-corrected chi connectivity index (χ4v) is 2.67. The van der Waals surface area contributed by atoms with E-state index in [0.29, 0.717) is 24.1 Å². The standard InChI is InChI=1S/C17H26ClN3O2.HI/c1-3-19-16(21-12-17(2)9-4-10-23-17)20-11-15(22)13-5-7-14(18)8-6-13;/h5-8,15,22H,3-4,9-12H2,1-2H3,(H2,19,20,21);1H. The quantitative estimate of drug-likeness (QED) is 0.342. The van der Waals surface area contributed by atoms with Crippen LogP contribution in [0, 0.1) is 0 Å². The molecule has 5 nitrogen and oxygen atoms in total. The average Bonchev–Trinajstić information content (AvgIpc) is 2.97. The Morgan fingerprint density at radius 1 is 1.38 bits per heavy atom. The third-order valence-electron chi connectivity index (χ3n) is 3.93. The van der Waals surface area contributed by atoms with Crippen LogP contribution in [-0.4, -0.2) is 42.9 Å². The summed E-state index contributed by atoms with van der Waals surface area (Å²) in [6.07, 6.45) is 1.50.